The van der Waals surface area contributed by atoms with Gasteiger partial charge in [-0.1, -0.05) is 5.21 Å². The first-order valence-electron chi connectivity index (χ1n) is 6.33. The van der Waals surface area contributed by atoms with Gasteiger partial charge in [-0.3, -0.25) is 14.4 Å². The molecule has 0 bridgehead atoms. The first kappa shape index (κ1) is 13.2. The number of hydrogen-bond acceptors (Lipinski definition) is 5. The molecule has 0 N–H and O–H groups in total. The molecule has 1 aliphatic rings. The van der Waals surface area contributed by atoms with Crippen molar-refractivity contribution in [3.05, 3.63) is 11.9 Å². The molecule has 1 unspecified atom stereocenters. The molecule has 0 aliphatic carbocycles. The van der Waals surface area contributed by atoms with Crippen LogP contribution in [0.25, 0.3) is 0 Å². The molecular formula is C12H21N5O. The van der Waals surface area contributed by atoms with Gasteiger partial charge >= 0.3 is 0 Å². The Labute approximate surface area is 108 Å². The van der Waals surface area contributed by atoms with Gasteiger partial charge in [-0.05, 0) is 33.6 Å². The van der Waals surface area contributed by atoms with Crippen molar-refractivity contribution in [3.8, 4) is 0 Å². The zero-order chi connectivity index (χ0) is 13.1. The second-order valence-corrected chi connectivity index (χ2v) is 5.14. The third-order valence-corrected chi connectivity index (χ3v) is 3.44. The number of ketones is 1. The van der Waals surface area contributed by atoms with E-state index in [0.717, 1.165) is 31.7 Å². The third kappa shape index (κ3) is 3.14. The maximum Gasteiger partial charge on any atom is 0.157 e. The van der Waals surface area contributed by atoms with Gasteiger partial charge in [0.05, 0.1) is 18.2 Å². The molecule has 6 heteroatoms. The van der Waals surface area contributed by atoms with E-state index in [1.807, 2.05) is 14.1 Å². The summed E-state index contributed by atoms with van der Waals surface area (Å²) in [6, 6.07) is -0.0282. The van der Waals surface area contributed by atoms with Crippen LogP contribution in [0, 0.1) is 0 Å². The molecule has 2 heterocycles. The summed E-state index contributed by atoms with van der Waals surface area (Å²) in [5.74, 6) is 0.228. The van der Waals surface area contributed by atoms with Gasteiger partial charge in [-0.15, -0.1) is 5.10 Å². The Hall–Kier alpha value is -1.27. The summed E-state index contributed by atoms with van der Waals surface area (Å²) in [5.41, 5.74) is 0.753. The Kier molecular flexibility index (Phi) is 4.08. The molecule has 0 amide bonds. The van der Waals surface area contributed by atoms with E-state index in [2.05, 4.69) is 27.2 Å². The van der Waals surface area contributed by atoms with Crippen LogP contribution in [0.3, 0.4) is 0 Å². The second kappa shape index (κ2) is 5.58. The Morgan fingerprint density at radius 3 is 2.83 bits per heavy atom. The average molecular weight is 251 g/mol. The van der Waals surface area contributed by atoms with E-state index in [1.165, 1.54) is 0 Å². The highest BCUT2D eigenvalue weighted by molar-refractivity contribution is 5.86. The largest absolute Gasteiger partial charge is 0.304 e. The molecule has 100 valence electrons. The molecule has 1 aliphatic heterocycles. The minimum atomic E-state index is -0.0282. The van der Waals surface area contributed by atoms with Crippen molar-refractivity contribution in [2.45, 2.75) is 18.9 Å². The van der Waals surface area contributed by atoms with Crippen molar-refractivity contribution < 1.29 is 4.79 Å². The number of nitrogens with zero attached hydrogens (tertiary/aromatic N) is 5. The zero-order valence-electron chi connectivity index (χ0n) is 11.3. The van der Waals surface area contributed by atoms with Gasteiger partial charge < -0.3 is 4.90 Å². The van der Waals surface area contributed by atoms with Gasteiger partial charge in [0.1, 0.15) is 0 Å². The van der Waals surface area contributed by atoms with Crippen LogP contribution in [-0.4, -0.2) is 70.3 Å². The predicted molar refractivity (Wildman–Crippen MR) is 68.2 cm³/mol. The minimum Gasteiger partial charge on any atom is -0.304 e. The molecule has 1 aromatic heterocycles. The molecule has 1 atom stereocenters. The SMILES string of the molecule is CN1CCCN(C)C(C(=O)Cc2cn(C)nn2)C1. The van der Waals surface area contributed by atoms with Crippen molar-refractivity contribution in [1.29, 1.82) is 0 Å². The lowest BCUT2D eigenvalue weighted by Crippen LogP contribution is -2.44. The van der Waals surface area contributed by atoms with Crippen molar-refractivity contribution in [2.24, 2.45) is 7.05 Å². The van der Waals surface area contributed by atoms with Crippen molar-refractivity contribution in [3.63, 3.8) is 0 Å². The first-order chi connectivity index (χ1) is 8.56. The van der Waals surface area contributed by atoms with Crippen LogP contribution in [0.4, 0.5) is 0 Å². The van der Waals surface area contributed by atoms with Crippen LogP contribution >= 0.6 is 0 Å². The van der Waals surface area contributed by atoms with Gasteiger partial charge in [-0.25, -0.2) is 0 Å². The van der Waals surface area contributed by atoms with Crippen molar-refractivity contribution in [1.82, 2.24) is 24.8 Å². The van der Waals surface area contributed by atoms with Gasteiger partial charge in [0, 0.05) is 19.8 Å². The quantitative estimate of drug-likeness (QED) is 0.729. The summed E-state index contributed by atoms with van der Waals surface area (Å²) in [5, 5.41) is 7.84. The normalized spacial score (nSPS) is 22.9. The molecule has 0 aromatic carbocycles. The zero-order valence-corrected chi connectivity index (χ0v) is 11.3. The molecule has 6 nitrogen and oxygen atoms in total. The lowest BCUT2D eigenvalue weighted by molar-refractivity contribution is -0.123. The number of aryl methyl sites for hydroxylation is 1. The van der Waals surface area contributed by atoms with Crippen LogP contribution in [0.2, 0.25) is 0 Å². The Morgan fingerprint density at radius 1 is 1.39 bits per heavy atom. The van der Waals surface area contributed by atoms with E-state index in [9.17, 15) is 4.79 Å². The van der Waals surface area contributed by atoms with Crippen LogP contribution in [0.5, 0.6) is 0 Å². The monoisotopic (exact) mass is 251 g/mol. The molecule has 0 spiro atoms. The number of carbonyl (C=O) groups excluding carboxylic acids is 1. The smallest absolute Gasteiger partial charge is 0.157 e. The lowest BCUT2D eigenvalue weighted by Gasteiger charge is -2.25. The maximum atomic E-state index is 12.3. The molecule has 0 radical (unpaired) electrons. The summed E-state index contributed by atoms with van der Waals surface area (Å²) in [7, 11) is 5.91. The third-order valence-electron chi connectivity index (χ3n) is 3.44. The highest BCUT2D eigenvalue weighted by Gasteiger charge is 2.27. The maximum absolute atomic E-state index is 12.3. The minimum absolute atomic E-state index is 0.0282. The summed E-state index contributed by atoms with van der Waals surface area (Å²) in [6.07, 6.45) is 3.29. The summed E-state index contributed by atoms with van der Waals surface area (Å²) < 4.78 is 1.63. The highest BCUT2D eigenvalue weighted by Crippen LogP contribution is 2.10. The van der Waals surface area contributed by atoms with E-state index < -0.39 is 0 Å². The van der Waals surface area contributed by atoms with Gasteiger partial charge in [0.15, 0.2) is 5.78 Å². The average Bonchev–Trinajstić information content (AvgIpc) is 2.62. The molecule has 1 saturated heterocycles. The van der Waals surface area contributed by atoms with Gasteiger partial charge in [0.25, 0.3) is 0 Å². The number of likely N-dealkylation sites (N-methyl/N-ethyl adjacent to an activating group) is 2. The summed E-state index contributed by atoms with van der Waals surface area (Å²) in [6.45, 7) is 2.83. The van der Waals surface area contributed by atoms with E-state index in [-0.39, 0.29) is 11.8 Å². The summed E-state index contributed by atoms with van der Waals surface area (Å²) >= 11 is 0. The number of aromatic nitrogens is 3. The molecule has 2 rings (SSSR count). The van der Waals surface area contributed by atoms with Gasteiger partial charge in [0.2, 0.25) is 0 Å². The predicted octanol–water partition coefficient (Wildman–Crippen LogP) is -0.437. The number of rotatable bonds is 3. The Balaban J connectivity index is 2.02. The fourth-order valence-corrected chi connectivity index (χ4v) is 2.39. The topological polar surface area (TPSA) is 54.3 Å². The number of Topliss-reactive ketones (excluding diaryl/α,β-unsaturated/α-hetero) is 1. The van der Waals surface area contributed by atoms with Crippen LogP contribution in [0.15, 0.2) is 6.20 Å². The highest BCUT2D eigenvalue weighted by atomic mass is 16.1. The van der Waals surface area contributed by atoms with E-state index in [4.69, 9.17) is 0 Å². The van der Waals surface area contributed by atoms with Crippen LogP contribution in [0.1, 0.15) is 12.1 Å². The molecule has 1 fully saturated rings. The van der Waals surface area contributed by atoms with E-state index >= 15 is 0 Å². The van der Waals surface area contributed by atoms with Crippen molar-refractivity contribution in [2.75, 3.05) is 33.7 Å². The fraction of sp³-hybridized carbons (Fsp3) is 0.750. The Morgan fingerprint density at radius 2 is 2.17 bits per heavy atom. The molecule has 1 aromatic rings. The van der Waals surface area contributed by atoms with E-state index in [1.54, 1.807) is 10.9 Å². The number of hydrogen-bond donors (Lipinski definition) is 0. The van der Waals surface area contributed by atoms with Crippen LogP contribution < -0.4 is 0 Å². The molecule has 18 heavy (non-hydrogen) atoms. The number of carbonyl (C=O) groups is 1. The fourth-order valence-electron chi connectivity index (χ4n) is 2.39. The first-order valence-corrected chi connectivity index (χ1v) is 6.33. The standard InChI is InChI=1S/C12H21N5O/c1-15-5-4-6-16(2)11(9-15)12(18)7-10-8-17(3)14-13-10/h8,11H,4-7,9H2,1-3H3. The molecular weight excluding hydrogens is 230 g/mol. The van der Waals surface area contributed by atoms with Crippen molar-refractivity contribution >= 4 is 5.78 Å². The van der Waals surface area contributed by atoms with E-state index in [0.29, 0.717) is 6.42 Å². The Bertz CT molecular complexity index is 416. The van der Waals surface area contributed by atoms with Crippen LogP contribution in [-0.2, 0) is 18.3 Å². The lowest BCUT2D eigenvalue weighted by atomic mass is 10.1. The van der Waals surface area contributed by atoms with Gasteiger partial charge in [-0.2, -0.15) is 0 Å². The molecule has 0 saturated carbocycles. The summed E-state index contributed by atoms with van der Waals surface area (Å²) in [4.78, 5) is 16.7. The second-order valence-electron chi connectivity index (χ2n) is 5.14.